The molecule has 0 aliphatic carbocycles. The van der Waals surface area contributed by atoms with E-state index >= 15 is 0 Å². The first-order valence-corrected chi connectivity index (χ1v) is 15.5. The summed E-state index contributed by atoms with van der Waals surface area (Å²) in [6.07, 6.45) is 9.42. The molecule has 1 atom stereocenters. The van der Waals surface area contributed by atoms with Crippen molar-refractivity contribution in [3.63, 3.8) is 0 Å². The Hall–Kier alpha value is -4.66. The SMILES string of the molecule is COc1cc(N2CCC(N3CCOCC3)CC2)ccc1Nc1ncc(-c2ccc(C#N)c(OC(C)Cn3cc(C)cn3)c2)cn1. The maximum absolute atomic E-state index is 9.66. The topological polar surface area (TPSA) is 114 Å². The summed E-state index contributed by atoms with van der Waals surface area (Å²) in [4.78, 5) is 14.1. The Balaban J connectivity index is 1.09. The molecule has 0 spiro atoms. The Bertz CT molecular complexity index is 1620. The predicted molar refractivity (Wildman–Crippen MR) is 173 cm³/mol. The smallest absolute Gasteiger partial charge is 0.227 e. The van der Waals surface area contributed by atoms with Gasteiger partial charge in [0.05, 0.1) is 44.3 Å². The number of piperidine rings is 1. The van der Waals surface area contributed by atoms with Crippen LogP contribution in [0.2, 0.25) is 0 Å². The van der Waals surface area contributed by atoms with Crippen molar-refractivity contribution in [1.82, 2.24) is 24.6 Å². The zero-order chi connectivity index (χ0) is 31.2. The molecule has 2 fully saturated rings. The van der Waals surface area contributed by atoms with Crippen LogP contribution in [-0.2, 0) is 11.3 Å². The number of hydrogen-bond donors (Lipinski definition) is 1. The standard InChI is InChI=1S/C34H40N8O3/c1-24-19-38-42(22-24)23-25(2)45-32-16-26(4-5-27(32)18-35)28-20-36-34(37-21-28)39-31-7-6-30(17-33(31)43-3)40-10-8-29(9-11-40)41-12-14-44-15-13-41/h4-7,16-17,19-22,25,29H,8-15,23H2,1-3H3,(H,36,37,39). The van der Waals surface area contributed by atoms with E-state index in [9.17, 15) is 5.26 Å². The van der Waals surface area contributed by atoms with Crippen molar-refractivity contribution in [2.24, 2.45) is 0 Å². The van der Waals surface area contributed by atoms with Crippen LogP contribution in [0.25, 0.3) is 11.1 Å². The molecule has 4 heterocycles. The molecule has 6 rings (SSSR count). The minimum absolute atomic E-state index is 0.183. The zero-order valence-electron chi connectivity index (χ0n) is 26.1. The van der Waals surface area contributed by atoms with Crippen LogP contribution in [0, 0.1) is 18.3 Å². The van der Waals surface area contributed by atoms with Crippen LogP contribution < -0.4 is 19.7 Å². The molecule has 4 aromatic rings. The molecular weight excluding hydrogens is 568 g/mol. The number of nitriles is 1. The van der Waals surface area contributed by atoms with Crippen molar-refractivity contribution in [1.29, 1.82) is 5.26 Å². The van der Waals surface area contributed by atoms with Crippen molar-refractivity contribution in [2.45, 2.75) is 45.4 Å². The molecule has 2 saturated heterocycles. The predicted octanol–water partition coefficient (Wildman–Crippen LogP) is 5.04. The lowest BCUT2D eigenvalue weighted by atomic mass is 10.0. The van der Waals surface area contributed by atoms with Gasteiger partial charge in [0.25, 0.3) is 0 Å². The van der Waals surface area contributed by atoms with Gasteiger partial charge in [-0.1, -0.05) is 6.07 Å². The number of benzene rings is 2. The number of ether oxygens (including phenoxy) is 3. The fourth-order valence-electron chi connectivity index (χ4n) is 6.05. The van der Waals surface area contributed by atoms with E-state index in [1.54, 1.807) is 25.6 Å². The van der Waals surface area contributed by atoms with Gasteiger partial charge in [-0.15, -0.1) is 0 Å². The Morgan fingerprint density at radius 1 is 1.00 bits per heavy atom. The van der Waals surface area contributed by atoms with Crippen LogP contribution in [-0.4, -0.2) is 83.3 Å². The number of nitrogens with one attached hydrogen (secondary N) is 1. The third-order valence-electron chi connectivity index (χ3n) is 8.45. The summed E-state index contributed by atoms with van der Waals surface area (Å²) in [6, 6.07) is 14.6. The highest BCUT2D eigenvalue weighted by molar-refractivity contribution is 5.70. The second kappa shape index (κ2) is 14.0. The van der Waals surface area contributed by atoms with Crippen molar-refractivity contribution >= 4 is 17.3 Å². The van der Waals surface area contributed by atoms with Crippen LogP contribution in [0.15, 0.2) is 61.2 Å². The molecule has 11 heteroatoms. The van der Waals surface area contributed by atoms with E-state index in [1.165, 1.54) is 0 Å². The minimum atomic E-state index is -0.183. The monoisotopic (exact) mass is 608 g/mol. The summed E-state index contributed by atoms with van der Waals surface area (Å²) in [5, 5.41) is 17.3. The van der Waals surface area contributed by atoms with Gasteiger partial charge in [0.15, 0.2) is 0 Å². The second-order valence-corrected chi connectivity index (χ2v) is 11.7. The first kappa shape index (κ1) is 30.4. The van der Waals surface area contributed by atoms with E-state index in [-0.39, 0.29) is 6.10 Å². The van der Waals surface area contributed by atoms with Gasteiger partial charge in [0.2, 0.25) is 5.95 Å². The number of aryl methyl sites for hydroxylation is 1. The highest BCUT2D eigenvalue weighted by atomic mass is 16.5. The lowest BCUT2D eigenvalue weighted by Gasteiger charge is -2.40. The van der Waals surface area contributed by atoms with Crippen molar-refractivity contribution in [3.8, 4) is 28.7 Å². The Morgan fingerprint density at radius 2 is 1.78 bits per heavy atom. The lowest BCUT2D eigenvalue weighted by molar-refractivity contribution is 0.0115. The summed E-state index contributed by atoms with van der Waals surface area (Å²) in [6.45, 7) is 10.3. The molecule has 2 aromatic heterocycles. The molecule has 1 unspecified atom stereocenters. The lowest BCUT2D eigenvalue weighted by Crippen LogP contribution is -2.49. The maximum atomic E-state index is 9.66. The highest BCUT2D eigenvalue weighted by Crippen LogP contribution is 2.34. The van der Waals surface area contributed by atoms with Crippen molar-refractivity contribution < 1.29 is 14.2 Å². The molecule has 0 bridgehead atoms. The largest absolute Gasteiger partial charge is 0.494 e. The third kappa shape index (κ3) is 7.36. The number of aromatic nitrogens is 4. The van der Waals surface area contributed by atoms with Gasteiger partial charge in [-0.25, -0.2) is 9.97 Å². The number of rotatable bonds is 10. The molecule has 0 saturated carbocycles. The van der Waals surface area contributed by atoms with E-state index in [4.69, 9.17) is 14.2 Å². The fourth-order valence-corrected chi connectivity index (χ4v) is 6.05. The summed E-state index contributed by atoms with van der Waals surface area (Å²) >= 11 is 0. The van der Waals surface area contributed by atoms with Gasteiger partial charge in [-0.2, -0.15) is 10.4 Å². The van der Waals surface area contributed by atoms with E-state index in [2.05, 4.69) is 48.4 Å². The van der Waals surface area contributed by atoms with Gasteiger partial charge >= 0.3 is 0 Å². The van der Waals surface area contributed by atoms with Crippen LogP contribution >= 0.6 is 0 Å². The molecule has 2 aliphatic heterocycles. The molecule has 1 N–H and O–H groups in total. The van der Waals surface area contributed by atoms with Crippen LogP contribution in [0.1, 0.15) is 30.9 Å². The van der Waals surface area contributed by atoms with Crippen molar-refractivity contribution in [3.05, 3.63) is 72.3 Å². The summed E-state index contributed by atoms with van der Waals surface area (Å²) in [7, 11) is 1.68. The minimum Gasteiger partial charge on any atom is -0.494 e. The highest BCUT2D eigenvalue weighted by Gasteiger charge is 2.26. The molecule has 234 valence electrons. The van der Waals surface area contributed by atoms with Gasteiger partial charge in [0, 0.05) is 68.1 Å². The van der Waals surface area contributed by atoms with Gasteiger partial charge in [-0.05, 0) is 62.1 Å². The number of morpholine rings is 1. The van der Waals surface area contributed by atoms with E-state index in [0.717, 1.165) is 86.0 Å². The van der Waals surface area contributed by atoms with Gasteiger partial charge in [0.1, 0.15) is 23.7 Å². The fraction of sp³-hybridized carbons (Fsp3) is 0.412. The Labute approximate surface area is 264 Å². The van der Waals surface area contributed by atoms with Crippen LogP contribution in [0.5, 0.6) is 11.5 Å². The Kier molecular flexibility index (Phi) is 9.43. The number of nitrogens with zero attached hydrogens (tertiary/aromatic N) is 7. The van der Waals surface area contributed by atoms with Crippen LogP contribution in [0.4, 0.5) is 17.3 Å². The molecule has 2 aliphatic rings. The average molecular weight is 609 g/mol. The summed E-state index contributed by atoms with van der Waals surface area (Å²) in [5.41, 5.74) is 5.18. The maximum Gasteiger partial charge on any atom is 0.227 e. The molecular formula is C34H40N8O3. The van der Waals surface area contributed by atoms with Crippen molar-refractivity contribution in [2.75, 3.05) is 56.7 Å². The molecule has 0 radical (unpaired) electrons. The molecule has 2 aromatic carbocycles. The normalized spacial score (nSPS) is 16.6. The summed E-state index contributed by atoms with van der Waals surface area (Å²) in [5.74, 6) is 1.72. The number of anilines is 3. The van der Waals surface area contributed by atoms with E-state index in [0.29, 0.717) is 29.8 Å². The van der Waals surface area contributed by atoms with Crippen LogP contribution in [0.3, 0.4) is 0 Å². The number of hydrogen-bond acceptors (Lipinski definition) is 10. The second-order valence-electron chi connectivity index (χ2n) is 11.7. The average Bonchev–Trinajstić information content (AvgIpc) is 3.49. The summed E-state index contributed by atoms with van der Waals surface area (Å²) < 4.78 is 19.3. The first-order valence-electron chi connectivity index (χ1n) is 15.5. The van der Waals surface area contributed by atoms with E-state index in [1.807, 2.05) is 49.1 Å². The molecule has 0 amide bonds. The van der Waals surface area contributed by atoms with Gasteiger partial charge < -0.3 is 24.4 Å². The van der Waals surface area contributed by atoms with Gasteiger partial charge in [-0.3, -0.25) is 9.58 Å². The molecule has 11 nitrogen and oxygen atoms in total. The van der Waals surface area contributed by atoms with E-state index < -0.39 is 0 Å². The first-order chi connectivity index (χ1) is 22.0. The Morgan fingerprint density at radius 3 is 2.47 bits per heavy atom. The third-order valence-corrected chi connectivity index (χ3v) is 8.45. The zero-order valence-corrected chi connectivity index (χ0v) is 26.1. The number of methoxy groups -OCH3 is 1. The quantitative estimate of drug-likeness (QED) is 0.263. The molecule has 45 heavy (non-hydrogen) atoms.